The maximum Gasteiger partial charge on any atom is 0.231 e. The van der Waals surface area contributed by atoms with Gasteiger partial charge in [0.15, 0.2) is 11.5 Å². The van der Waals surface area contributed by atoms with Crippen molar-refractivity contribution < 1.29 is 28.5 Å². The highest BCUT2D eigenvalue weighted by molar-refractivity contribution is 5.80. The van der Waals surface area contributed by atoms with E-state index in [0.29, 0.717) is 47.8 Å². The number of benzene rings is 2. The van der Waals surface area contributed by atoms with Gasteiger partial charge in [-0.15, -0.1) is 0 Å². The molecule has 0 saturated heterocycles. The van der Waals surface area contributed by atoms with Crippen LogP contribution in [0.15, 0.2) is 24.3 Å². The molecule has 7 nitrogen and oxygen atoms in total. The summed E-state index contributed by atoms with van der Waals surface area (Å²) in [5, 5.41) is 0. The van der Waals surface area contributed by atoms with E-state index in [4.69, 9.17) is 18.9 Å². The van der Waals surface area contributed by atoms with E-state index < -0.39 is 0 Å². The highest BCUT2D eigenvalue weighted by atomic mass is 16.7. The molecule has 7 heteroatoms. The number of nitrogens with zero attached hydrogens (tertiary/aromatic N) is 1. The van der Waals surface area contributed by atoms with E-state index in [0.717, 1.165) is 35.9 Å². The average Bonchev–Trinajstić information content (AvgIpc) is 3.26. The minimum absolute atomic E-state index is 0.0833. The number of Topliss-reactive ketones (excluding diaryl/α,β-unsaturated/α-hetero) is 1. The third-order valence-electron chi connectivity index (χ3n) is 6.09. The van der Waals surface area contributed by atoms with Crippen LogP contribution in [0.4, 0.5) is 0 Å². The van der Waals surface area contributed by atoms with Crippen LogP contribution in [0.1, 0.15) is 45.9 Å². The van der Waals surface area contributed by atoms with Gasteiger partial charge >= 0.3 is 0 Å². The highest BCUT2D eigenvalue weighted by Crippen LogP contribution is 2.50. The Morgan fingerprint density at radius 1 is 1.23 bits per heavy atom. The van der Waals surface area contributed by atoms with Crippen molar-refractivity contribution in [2.24, 2.45) is 0 Å². The number of rotatable bonds is 8. The number of hydrogen-bond acceptors (Lipinski definition) is 7. The summed E-state index contributed by atoms with van der Waals surface area (Å²) < 4.78 is 22.3. The van der Waals surface area contributed by atoms with Crippen molar-refractivity contribution in [2.45, 2.75) is 31.7 Å². The van der Waals surface area contributed by atoms with E-state index in [1.54, 1.807) is 26.4 Å². The van der Waals surface area contributed by atoms with Crippen molar-refractivity contribution in [3.63, 3.8) is 0 Å². The monoisotopic (exact) mass is 425 g/mol. The lowest BCUT2D eigenvalue weighted by Gasteiger charge is -2.35. The third kappa shape index (κ3) is 4.10. The summed E-state index contributed by atoms with van der Waals surface area (Å²) in [5.41, 5.74) is 3.63. The molecule has 1 unspecified atom stereocenters. The zero-order valence-corrected chi connectivity index (χ0v) is 18.1. The number of hydrogen-bond donors (Lipinski definition) is 0. The van der Waals surface area contributed by atoms with E-state index in [9.17, 15) is 9.59 Å². The third-order valence-corrected chi connectivity index (χ3v) is 6.09. The first-order chi connectivity index (χ1) is 15.0. The molecule has 2 aromatic rings. The molecule has 1 atom stereocenters. The Labute approximate surface area is 181 Å². The second kappa shape index (κ2) is 8.98. The number of aryl methyl sites for hydroxylation is 1. The fourth-order valence-electron chi connectivity index (χ4n) is 4.42. The molecule has 2 aromatic carbocycles. The van der Waals surface area contributed by atoms with Crippen molar-refractivity contribution in [3.05, 3.63) is 46.5 Å². The molecule has 0 aromatic heterocycles. The van der Waals surface area contributed by atoms with Crippen LogP contribution in [-0.4, -0.2) is 51.6 Å². The van der Waals surface area contributed by atoms with Crippen molar-refractivity contribution in [3.8, 4) is 23.0 Å². The first-order valence-electron chi connectivity index (χ1n) is 10.4. The van der Waals surface area contributed by atoms with Crippen LogP contribution >= 0.6 is 0 Å². The summed E-state index contributed by atoms with van der Waals surface area (Å²) in [5.74, 6) is 2.78. The fraction of sp³-hybridized carbons (Fsp3) is 0.417. The van der Waals surface area contributed by atoms with Crippen molar-refractivity contribution in [2.75, 3.05) is 34.6 Å². The number of ether oxygens (including phenoxy) is 4. The maximum absolute atomic E-state index is 13.0. The van der Waals surface area contributed by atoms with Crippen LogP contribution < -0.4 is 18.9 Å². The van der Waals surface area contributed by atoms with Gasteiger partial charge < -0.3 is 18.9 Å². The number of aldehydes is 1. The molecule has 0 radical (unpaired) electrons. The number of ketones is 1. The van der Waals surface area contributed by atoms with E-state index in [1.165, 1.54) is 0 Å². The lowest BCUT2D eigenvalue weighted by molar-refractivity contribution is -0.120. The Morgan fingerprint density at radius 3 is 2.81 bits per heavy atom. The minimum Gasteiger partial charge on any atom is -0.496 e. The summed E-state index contributed by atoms with van der Waals surface area (Å²) in [6, 6.07) is 7.23. The molecular weight excluding hydrogens is 398 g/mol. The van der Waals surface area contributed by atoms with Gasteiger partial charge in [-0.25, -0.2) is 0 Å². The zero-order chi connectivity index (χ0) is 22.0. The van der Waals surface area contributed by atoms with Gasteiger partial charge in [0.2, 0.25) is 12.5 Å². The lowest BCUT2D eigenvalue weighted by atomic mass is 9.87. The van der Waals surface area contributed by atoms with Crippen LogP contribution in [-0.2, 0) is 17.6 Å². The predicted octanol–water partition coefficient (Wildman–Crippen LogP) is 3.37. The number of carbonyl (C=O) groups excluding carboxylic acids is 2. The second-order valence-electron chi connectivity index (χ2n) is 7.89. The van der Waals surface area contributed by atoms with E-state index >= 15 is 0 Å². The Bertz CT molecular complexity index is 1000. The normalized spacial score (nSPS) is 17.2. The molecule has 2 heterocycles. The van der Waals surface area contributed by atoms with Gasteiger partial charge in [-0.2, -0.15) is 0 Å². The molecule has 2 aliphatic rings. The van der Waals surface area contributed by atoms with Gasteiger partial charge in [-0.1, -0.05) is 12.1 Å². The molecule has 0 saturated carbocycles. The largest absolute Gasteiger partial charge is 0.496 e. The van der Waals surface area contributed by atoms with Gasteiger partial charge in [0.1, 0.15) is 17.8 Å². The zero-order valence-electron chi connectivity index (χ0n) is 18.1. The lowest BCUT2D eigenvalue weighted by Crippen LogP contribution is -2.34. The maximum atomic E-state index is 13.0. The molecule has 4 rings (SSSR count). The Hall–Kier alpha value is -3.06. The van der Waals surface area contributed by atoms with Crippen molar-refractivity contribution in [1.29, 1.82) is 0 Å². The number of fused-ring (bicyclic) bond motifs is 2. The van der Waals surface area contributed by atoms with Crippen LogP contribution in [0.5, 0.6) is 23.0 Å². The molecule has 0 aliphatic carbocycles. The molecular formula is C24H27NO6. The summed E-state index contributed by atoms with van der Waals surface area (Å²) in [4.78, 5) is 26.2. The van der Waals surface area contributed by atoms with Gasteiger partial charge in [0.05, 0.1) is 14.2 Å². The number of methoxy groups -OCH3 is 2. The van der Waals surface area contributed by atoms with Gasteiger partial charge in [-0.3, -0.25) is 14.5 Å². The molecule has 164 valence electrons. The SMILES string of the molecule is COc1cc(C=O)ccc1CCC(=O)CC1c2c(cc3c(c2OC)OCO3)CCN1C. The molecule has 31 heavy (non-hydrogen) atoms. The van der Waals surface area contributed by atoms with Crippen molar-refractivity contribution >= 4 is 12.1 Å². The molecule has 0 bridgehead atoms. The first kappa shape index (κ1) is 21.2. The standard InChI is InChI=1S/C24H27NO6/c1-25-9-8-17-11-21-23(31-14-30-21)24(29-3)22(17)19(25)12-18(27)7-6-16-5-4-15(13-26)10-20(16)28-2/h4-5,10-11,13,19H,6-9,12,14H2,1-3H3. The molecule has 2 aliphatic heterocycles. The fourth-order valence-corrected chi connectivity index (χ4v) is 4.42. The van der Waals surface area contributed by atoms with E-state index in [1.807, 2.05) is 19.2 Å². The summed E-state index contributed by atoms with van der Waals surface area (Å²) >= 11 is 0. The van der Waals surface area contributed by atoms with Gasteiger partial charge in [0, 0.05) is 36.6 Å². The Morgan fingerprint density at radius 2 is 2.06 bits per heavy atom. The van der Waals surface area contributed by atoms with Crippen LogP contribution in [0.2, 0.25) is 0 Å². The Balaban J connectivity index is 1.52. The van der Waals surface area contributed by atoms with E-state index in [2.05, 4.69) is 4.90 Å². The van der Waals surface area contributed by atoms with Gasteiger partial charge in [0.25, 0.3) is 0 Å². The molecule has 0 fully saturated rings. The Kier molecular flexibility index (Phi) is 6.13. The number of carbonyl (C=O) groups is 2. The van der Waals surface area contributed by atoms with Crippen LogP contribution in [0.25, 0.3) is 0 Å². The molecule has 0 N–H and O–H groups in total. The predicted molar refractivity (Wildman–Crippen MR) is 115 cm³/mol. The summed E-state index contributed by atoms with van der Waals surface area (Å²) in [6.45, 7) is 1.04. The van der Waals surface area contributed by atoms with Crippen LogP contribution in [0.3, 0.4) is 0 Å². The molecule has 0 amide bonds. The van der Waals surface area contributed by atoms with Gasteiger partial charge in [-0.05, 0) is 43.1 Å². The van der Waals surface area contributed by atoms with E-state index in [-0.39, 0.29) is 18.6 Å². The van der Waals surface area contributed by atoms with Crippen LogP contribution in [0, 0.1) is 0 Å². The smallest absolute Gasteiger partial charge is 0.231 e. The summed E-state index contributed by atoms with van der Waals surface area (Å²) in [6.07, 6.45) is 2.98. The highest BCUT2D eigenvalue weighted by Gasteiger charge is 2.34. The number of likely N-dealkylation sites (N-methyl/N-ethyl adjacent to an activating group) is 1. The minimum atomic E-state index is -0.0833. The summed E-state index contributed by atoms with van der Waals surface area (Å²) in [7, 11) is 5.23. The quantitative estimate of drug-likeness (QED) is 0.601. The molecule has 0 spiro atoms. The second-order valence-corrected chi connectivity index (χ2v) is 7.89. The topological polar surface area (TPSA) is 74.3 Å². The first-order valence-corrected chi connectivity index (χ1v) is 10.4. The van der Waals surface area contributed by atoms with Crippen molar-refractivity contribution in [1.82, 2.24) is 4.90 Å². The average molecular weight is 425 g/mol.